The molecule has 3 aliphatic rings. The third-order valence-electron chi connectivity index (χ3n) is 8.47. The van der Waals surface area contributed by atoms with Crippen LogP contribution in [0.1, 0.15) is 33.5 Å². The monoisotopic (exact) mass is 607 g/mol. The number of hydrogen-bond acceptors (Lipinski definition) is 10. The number of likely N-dealkylation sites (N-methyl/N-ethyl adjacent to an activating group) is 1. The number of anilines is 1. The number of rotatable bonds is 4. The van der Waals surface area contributed by atoms with Gasteiger partial charge in [-0.1, -0.05) is 11.8 Å². The van der Waals surface area contributed by atoms with Crippen molar-refractivity contribution in [1.82, 2.24) is 4.90 Å². The molecule has 5 N–H and O–H groups in total. The molecule has 0 bridgehead atoms. The van der Waals surface area contributed by atoms with E-state index in [-0.39, 0.29) is 18.4 Å². The summed E-state index contributed by atoms with van der Waals surface area (Å²) in [5, 5.41) is 22.3. The summed E-state index contributed by atoms with van der Waals surface area (Å²) in [6.45, 7) is 0. The number of hydrogen-bond donors (Lipinski definition) is 4. The molecule has 13 heteroatoms. The largest absolute Gasteiger partial charge is 0.507 e. The lowest BCUT2D eigenvalue weighted by Gasteiger charge is -2.52. The van der Waals surface area contributed by atoms with E-state index in [2.05, 4.69) is 16.6 Å². The number of amides is 1. The fourth-order valence-electron chi connectivity index (χ4n) is 6.70. The first-order chi connectivity index (χ1) is 20.1. The maximum absolute atomic E-state index is 13.9. The molecule has 0 heterocycles. The molecule has 0 spiro atoms. The van der Waals surface area contributed by atoms with Crippen LogP contribution in [0.5, 0.6) is 5.75 Å². The van der Waals surface area contributed by atoms with Crippen LogP contribution in [0.4, 0.5) is 5.69 Å². The highest BCUT2D eigenvalue weighted by molar-refractivity contribution is 7.92. The average molecular weight is 608 g/mol. The number of phenols is 1. The van der Waals surface area contributed by atoms with E-state index >= 15 is 0 Å². The number of Topliss-reactive ketones (excluding diaryl/α,β-unsaturated/α-hetero) is 4. The quantitative estimate of drug-likeness (QED) is 0.263. The van der Waals surface area contributed by atoms with Crippen LogP contribution in [0.25, 0.3) is 0 Å². The zero-order chi connectivity index (χ0) is 31.6. The van der Waals surface area contributed by atoms with Crippen molar-refractivity contribution >= 4 is 44.8 Å². The Balaban J connectivity index is 1.54. The molecule has 12 nitrogen and oxygen atoms in total. The Labute approximate surface area is 247 Å². The van der Waals surface area contributed by atoms with Gasteiger partial charge in [0.2, 0.25) is 15.9 Å². The Morgan fingerprint density at radius 1 is 1.05 bits per heavy atom. The number of carbonyl (C=O) groups is 5. The van der Waals surface area contributed by atoms with Gasteiger partial charge < -0.3 is 15.9 Å². The molecule has 2 saturated carbocycles. The molecule has 0 saturated heterocycles. The topological polar surface area (TPSA) is 201 Å². The van der Waals surface area contributed by atoms with E-state index in [9.17, 15) is 42.6 Å². The van der Waals surface area contributed by atoms with Gasteiger partial charge >= 0.3 is 0 Å². The summed E-state index contributed by atoms with van der Waals surface area (Å²) < 4.78 is 25.3. The number of primary amides is 1. The molecule has 224 valence electrons. The van der Waals surface area contributed by atoms with E-state index in [0.717, 1.165) is 6.26 Å². The van der Waals surface area contributed by atoms with Gasteiger partial charge in [-0.3, -0.25) is 33.6 Å². The van der Waals surface area contributed by atoms with Gasteiger partial charge in [0.15, 0.2) is 34.7 Å². The Kier molecular flexibility index (Phi) is 7.28. The van der Waals surface area contributed by atoms with Crippen molar-refractivity contribution in [3.05, 3.63) is 58.7 Å². The molecule has 2 aromatic rings. The number of nitrogens with zero attached hydrogens (tertiary/aromatic N) is 1. The number of aromatic hydroxyl groups is 1. The fourth-order valence-corrected chi connectivity index (χ4v) is 7.26. The number of phenolic OH excluding ortho intramolecular Hbond substituents is 1. The van der Waals surface area contributed by atoms with Crippen LogP contribution in [0.15, 0.2) is 36.4 Å². The smallest absolute Gasteiger partial charge is 0.235 e. The number of benzene rings is 2. The maximum atomic E-state index is 13.9. The first-order valence-corrected chi connectivity index (χ1v) is 15.2. The van der Waals surface area contributed by atoms with Crippen molar-refractivity contribution in [2.24, 2.45) is 29.4 Å². The molecule has 5 rings (SSSR count). The summed E-state index contributed by atoms with van der Waals surface area (Å²) in [4.78, 5) is 67.8. The van der Waals surface area contributed by atoms with Crippen molar-refractivity contribution in [2.75, 3.05) is 25.1 Å². The van der Waals surface area contributed by atoms with Crippen LogP contribution in [-0.2, 0) is 35.6 Å². The Hall–Kier alpha value is -4.38. The predicted octanol–water partition coefficient (Wildman–Crippen LogP) is -0.362. The number of aliphatic hydroxyl groups is 1. The molecule has 43 heavy (non-hydrogen) atoms. The van der Waals surface area contributed by atoms with E-state index in [1.165, 1.54) is 43.3 Å². The Bertz CT molecular complexity index is 1770. The Morgan fingerprint density at radius 3 is 2.28 bits per heavy atom. The Morgan fingerprint density at radius 2 is 1.70 bits per heavy atom. The lowest BCUT2D eigenvalue weighted by Crippen LogP contribution is -2.74. The van der Waals surface area contributed by atoms with Gasteiger partial charge in [-0.25, -0.2) is 8.42 Å². The summed E-state index contributed by atoms with van der Waals surface area (Å²) in [7, 11) is -0.417. The van der Waals surface area contributed by atoms with Crippen molar-refractivity contribution < 1.29 is 42.6 Å². The van der Waals surface area contributed by atoms with Gasteiger partial charge in [0.25, 0.3) is 0 Å². The minimum atomic E-state index is -3.45. The second-order valence-corrected chi connectivity index (χ2v) is 13.2. The molecule has 6 unspecified atom stereocenters. The number of nitrogens with one attached hydrogen (secondary N) is 1. The van der Waals surface area contributed by atoms with E-state index in [1.54, 1.807) is 12.1 Å². The highest BCUT2D eigenvalue weighted by Gasteiger charge is 2.69. The molecule has 2 aromatic carbocycles. The normalized spacial score (nSPS) is 28.3. The summed E-state index contributed by atoms with van der Waals surface area (Å²) in [6.07, 6.45) is 1.05. The molecule has 0 radical (unpaired) electrons. The fraction of sp³-hybridized carbons (Fsp3) is 0.367. The summed E-state index contributed by atoms with van der Waals surface area (Å²) in [5.74, 6) is -5.27. The number of nitrogens with two attached hydrogens (primary N) is 1. The number of ketones is 4. The lowest BCUT2D eigenvalue weighted by atomic mass is 9.52. The molecule has 0 aliphatic heterocycles. The van der Waals surface area contributed by atoms with Gasteiger partial charge in [-0.2, -0.15) is 0 Å². The average Bonchev–Trinajstić information content (AvgIpc) is 2.90. The molecule has 6 atom stereocenters. The van der Waals surface area contributed by atoms with Crippen molar-refractivity contribution in [2.45, 2.75) is 24.5 Å². The first kappa shape index (κ1) is 30.1. The van der Waals surface area contributed by atoms with Crippen LogP contribution in [0.3, 0.4) is 0 Å². The number of sulfonamides is 1. The minimum Gasteiger partial charge on any atom is -0.507 e. The van der Waals surface area contributed by atoms with Crippen LogP contribution in [0, 0.1) is 35.5 Å². The van der Waals surface area contributed by atoms with Gasteiger partial charge in [-0.15, -0.1) is 0 Å². The molecular weight excluding hydrogens is 578 g/mol. The van der Waals surface area contributed by atoms with Crippen molar-refractivity contribution in [1.29, 1.82) is 0 Å². The summed E-state index contributed by atoms with van der Waals surface area (Å²) >= 11 is 0. The van der Waals surface area contributed by atoms with E-state index in [1.807, 2.05) is 0 Å². The van der Waals surface area contributed by atoms with Gasteiger partial charge in [0.1, 0.15) is 5.75 Å². The minimum absolute atomic E-state index is 0.0682. The number of carbonyl (C=O) groups excluding carboxylic acids is 5. The van der Waals surface area contributed by atoms with E-state index in [4.69, 9.17) is 5.73 Å². The van der Waals surface area contributed by atoms with E-state index < -0.39 is 80.1 Å². The number of fused-ring (bicyclic) bond motifs is 3. The predicted molar refractivity (Wildman–Crippen MR) is 152 cm³/mol. The molecule has 2 fully saturated rings. The highest BCUT2D eigenvalue weighted by Crippen LogP contribution is 2.50. The second kappa shape index (κ2) is 10.4. The molecule has 3 aliphatic carbocycles. The highest BCUT2D eigenvalue weighted by atomic mass is 32.2. The molecule has 1 amide bonds. The molecule has 0 aromatic heterocycles. The van der Waals surface area contributed by atoms with Crippen molar-refractivity contribution in [3.63, 3.8) is 0 Å². The van der Waals surface area contributed by atoms with Crippen LogP contribution in [0.2, 0.25) is 0 Å². The zero-order valence-corrected chi connectivity index (χ0v) is 24.3. The molecular formula is C30H29N3O9S. The van der Waals surface area contributed by atoms with Gasteiger partial charge in [-0.05, 0) is 74.8 Å². The van der Waals surface area contributed by atoms with Crippen LogP contribution < -0.4 is 10.5 Å². The third kappa shape index (κ3) is 4.91. The maximum Gasteiger partial charge on any atom is 0.235 e. The lowest BCUT2D eigenvalue weighted by molar-refractivity contribution is -0.181. The van der Waals surface area contributed by atoms with Crippen LogP contribution in [-0.4, -0.2) is 84.6 Å². The third-order valence-corrected chi connectivity index (χ3v) is 9.08. The SMILES string of the molecule is CN(C)C1C(=O)C(C(N)=O)C(=O)C2(O)C(=O)C3C(=O)c4c(O)ccc(C#Cc5ccc(NS(C)(=O)=O)cc5)c4CC3CC12. The first-order valence-electron chi connectivity index (χ1n) is 13.4. The van der Waals surface area contributed by atoms with Crippen molar-refractivity contribution in [3.8, 4) is 17.6 Å². The zero-order valence-electron chi connectivity index (χ0n) is 23.5. The summed E-state index contributed by atoms with van der Waals surface area (Å²) in [5.41, 5.74) is 4.08. The standard InChI is InChI=1S/C30H29N3O9S/c1-33(2)24-19-13-16-12-18-15(7-4-14-5-9-17(10-6-14)32-43(3,41)42)8-11-20(34)22(18)25(35)21(16)27(37)30(19,40)28(38)23(26(24)36)29(31)39/h5-6,8-11,16,19,21,23-24,32,34,40H,12-13H2,1-3H3,(H2,31,39). The van der Waals surface area contributed by atoms with Crippen LogP contribution >= 0.6 is 0 Å². The van der Waals surface area contributed by atoms with Gasteiger partial charge in [0, 0.05) is 22.7 Å². The van der Waals surface area contributed by atoms with E-state index in [0.29, 0.717) is 22.4 Å². The van der Waals surface area contributed by atoms with Gasteiger partial charge in [0.05, 0.1) is 23.8 Å². The summed E-state index contributed by atoms with van der Waals surface area (Å²) in [6, 6.07) is 7.89. The second-order valence-electron chi connectivity index (χ2n) is 11.5.